The molecule has 8 heteroatoms. The number of nitrogens with zero attached hydrogens (tertiary/aromatic N) is 3. The van der Waals surface area contributed by atoms with Crippen molar-refractivity contribution in [1.82, 2.24) is 14.3 Å². The molecule has 0 amide bonds. The Morgan fingerprint density at radius 3 is 2.58 bits per heavy atom. The van der Waals surface area contributed by atoms with Crippen molar-refractivity contribution >= 4 is 22.0 Å². The van der Waals surface area contributed by atoms with Crippen molar-refractivity contribution < 1.29 is 13.5 Å². The van der Waals surface area contributed by atoms with Gasteiger partial charge in [0.1, 0.15) is 11.6 Å². The van der Waals surface area contributed by atoms with Gasteiger partial charge >= 0.3 is 0 Å². The quantitative estimate of drug-likeness (QED) is 0.531. The smallest absolute Gasteiger partial charge is 0.179 e. The van der Waals surface area contributed by atoms with Gasteiger partial charge in [-0.2, -0.15) is 0 Å². The van der Waals surface area contributed by atoms with E-state index in [2.05, 4.69) is 0 Å². The SMILES string of the molecule is CCc1nc2c(c(-c3ccc(Cl)cc3)n1)CCN([S+](=O)([O-])c1cccc(OC)c1)CC2. The van der Waals surface area contributed by atoms with Crippen LogP contribution in [-0.2, 0) is 33.9 Å². The highest BCUT2D eigenvalue weighted by molar-refractivity contribution is 7.95. The van der Waals surface area contributed by atoms with E-state index in [-0.39, 0.29) is 4.90 Å². The first-order valence-electron chi connectivity index (χ1n) is 10.2. The number of benzene rings is 2. The summed E-state index contributed by atoms with van der Waals surface area (Å²) in [6.07, 6.45) is 1.79. The van der Waals surface area contributed by atoms with E-state index >= 15 is 0 Å². The molecule has 0 N–H and O–H groups in total. The Bertz CT molecular complexity index is 1140. The molecule has 3 aromatic rings. The molecule has 31 heavy (non-hydrogen) atoms. The average Bonchev–Trinajstić information content (AvgIpc) is 3.02. The Labute approximate surface area is 188 Å². The number of aromatic nitrogens is 2. The molecule has 0 saturated heterocycles. The van der Waals surface area contributed by atoms with Crippen LogP contribution in [-0.4, -0.2) is 39.0 Å². The molecule has 0 bridgehead atoms. The van der Waals surface area contributed by atoms with Gasteiger partial charge in [-0.1, -0.05) is 40.9 Å². The van der Waals surface area contributed by atoms with Crippen molar-refractivity contribution in [3.8, 4) is 17.0 Å². The highest BCUT2D eigenvalue weighted by Crippen LogP contribution is 2.31. The number of ether oxygens (including phenoxy) is 1. The Balaban J connectivity index is 1.69. The lowest BCUT2D eigenvalue weighted by Crippen LogP contribution is -2.38. The number of methoxy groups -OCH3 is 1. The average molecular weight is 458 g/mol. The molecule has 0 aliphatic carbocycles. The fraction of sp³-hybridized carbons (Fsp3) is 0.304. The molecular weight excluding hydrogens is 434 g/mol. The van der Waals surface area contributed by atoms with Crippen molar-refractivity contribution in [2.24, 2.45) is 0 Å². The molecule has 1 aromatic heterocycles. The first kappa shape index (κ1) is 21.9. The van der Waals surface area contributed by atoms with Gasteiger partial charge in [0.15, 0.2) is 15.3 Å². The maximum absolute atomic E-state index is 13.3. The van der Waals surface area contributed by atoms with E-state index < -0.39 is 10.4 Å². The number of sulfonamides is 1. The third kappa shape index (κ3) is 4.50. The van der Waals surface area contributed by atoms with E-state index in [1.807, 2.05) is 31.2 Å². The van der Waals surface area contributed by atoms with Crippen molar-refractivity contribution in [3.05, 3.63) is 70.6 Å². The first-order chi connectivity index (χ1) is 14.9. The molecule has 0 fully saturated rings. The monoisotopic (exact) mass is 457 g/mol. The Morgan fingerprint density at radius 2 is 1.87 bits per heavy atom. The summed E-state index contributed by atoms with van der Waals surface area (Å²) in [6, 6.07) is 14.2. The number of hydrogen-bond acceptors (Lipinski definition) is 5. The van der Waals surface area contributed by atoms with Crippen LogP contribution in [0.2, 0.25) is 5.02 Å². The summed E-state index contributed by atoms with van der Waals surface area (Å²) >= 11 is 6.06. The molecule has 0 saturated carbocycles. The molecule has 2 heterocycles. The molecular formula is C23H24ClN3O3S. The summed E-state index contributed by atoms with van der Waals surface area (Å²) in [5, 5.41) is 0.662. The van der Waals surface area contributed by atoms with Crippen LogP contribution in [0.25, 0.3) is 11.3 Å². The highest BCUT2D eigenvalue weighted by atomic mass is 35.5. The second kappa shape index (κ2) is 9.04. The van der Waals surface area contributed by atoms with Gasteiger partial charge < -0.3 is 9.29 Å². The summed E-state index contributed by atoms with van der Waals surface area (Å²) in [4.78, 5) is 9.74. The van der Waals surface area contributed by atoms with Crippen LogP contribution in [0.15, 0.2) is 53.4 Å². The van der Waals surface area contributed by atoms with Gasteiger partial charge in [0.2, 0.25) is 0 Å². The topological polar surface area (TPSA) is 78.4 Å². The largest absolute Gasteiger partial charge is 0.593 e. The lowest BCUT2D eigenvalue weighted by atomic mass is 10.0. The number of hydrogen-bond donors (Lipinski definition) is 0. The fourth-order valence-corrected chi connectivity index (χ4v) is 5.39. The molecule has 1 aliphatic heterocycles. The Morgan fingerprint density at radius 1 is 1.13 bits per heavy atom. The molecule has 4 rings (SSSR count). The van der Waals surface area contributed by atoms with Gasteiger partial charge in [-0.25, -0.2) is 9.97 Å². The first-order valence-corrected chi connectivity index (χ1v) is 12.0. The number of aryl methyl sites for hydroxylation is 1. The summed E-state index contributed by atoms with van der Waals surface area (Å²) in [5.74, 6) is 1.27. The summed E-state index contributed by atoms with van der Waals surface area (Å²) < 4.78 is 33.3. The number of rotatable bonds is 5. The van der Waals surface area contributed by atoms with Crippen LogP contribution in [0, 0.1) is 0 Å². The second-order valence-corrected chi connectivity index (χ2v) is 9.73. The molecule has 1 unspecified atom stereocenters. The minimum Gasteiger partial charge on any atom is -0.593 e. The summed E-state index contributed by atoms with van der Waals surface area (Å²) in [6.45, 7) is 2.75. The number of halogens is 1. The van der Waals surface area contributed by atoms with Crippen LogP contribution in [0.3, 0.4) is 0 Å². The third-order valence-corrected chi connectivity index (χ3v) is 7.61. The summed E-state index contributed by atoms with van der Waals surface area (Å²) in [5.41, 5.74) is 3.74. The normalized spacial score (nSPS) is 16.3. The van der Waals surface area contributed by atoms with Gasteiger partial charge in [-0.05, 0) is 30.7 Å². The van der Waals surface area contributed by atoms with Crippen LogP contribution in [0.4, 0.5) is 0 Å². The van der Waals surface area contributed by atoms with Gasteiger partial charge in [0.25, 0.3) is 0 Å². The van der Waals surface area contributed by atoms with E-state index in [1.54, 1.807) is 24.3 Å². The van der Waals surface area contributed by atoms with Crippen LogP contribution in [0.1, 0.15) is 24.0 Å². The molecule has 1 aliphatic rings. The van der Waals surface area contributed by atoms with E-state index in [0.717, 1.165) is 28.3 Å². The zero-order valence-electron chi connectivity index (χ0n) is 17.5. The van der Waals surface area contributed by atoms with E-state index in [1.165, 1.54) is 11.4 Å². The molecule has 1 atom stereocenters. The zero-order chi connectivity index (χ0) is 22.0. The second-order valence-electron chi connectivity index (χ2n) is 7.36. The maximum Gasteiger partial charge on any atom is 0.179 e. The molecule has 0 spiro atoms. The highest BCUT2D eigenvalue weighted by Gasteiger charge is 2.33. The molecule has 2 aromatic carbocycles. The van der Waals surface area contributed by atoms with E-state index in [4.69, 9.17) is 26.3 Å². The Kier molecular flexibility index (Phi) is 6.39. The lowest BCUT2D eigenvalue weighted by molar-refractivity contribution is 0.361. The molecule has 0 radical (unpaired) electrons. The maximum atomic E-state index is 13.3. The summed E-state index contributed by atoms with van der Waals surface area (Å²) in [7, 11) is -2.12. The van der Waals surface area contributed by atoms with Crippen LogP contribution < -0.4 is 4.74 Å². The lowest BCUT2D eigenvalue weighted by Gasteiger charge is -2.26. The molecule has 162 valence electrons. The molecule has 6 nitrogen and oxygen atoms in total. The van der Waals surface area contributed by atoms with E-state index in [9.17, 15) is 8.76 Å². The van der Waals surface area contributed by atoms with Crippen molar-refractivity contribution in [2.45, 2.75) is 31.1 Å². The predicted molar refractivity (Wildman–Crippen MR) is 121 cm³/mol. The minimum atomic E-state index is -3.65. The third-order valence-electron chi connectivity index (χ3n) is 5.46. The van der Waals surface area contributed by atoms with Gasteiger partial charge in [0, 0.05) is 53.8 Å². The van der Waals surface area contributed by atoms with E-state index in [0.29, 0.717) is 43.1 Å². The van der Waals surface area contributed by atoms with Crippen molar-refractivity contribution in [2.75, 3.05) is 20.2 Å². The van der Waals surface area contributed by atoms with Crippen LogP contribution >= 0.6 is 11.6 Å². The minimum absolute atomic E-state index is 0.232. The van der Waals surface area contributed by atoms with Gasteiger partial charge in [0.05, 0.1) is 12.8 Å². The Hall–Kier alpha value is -2.32. The number of fused-ring (bicyclic) bond motifs is 1. The van der Waals surface area contributed by atoms with Crippen molar-refractivity contribution in [3.63, 3.8) is 0 Å². The predicted octanol–water partition coefficient (Wildman–Crippen LogP) is 4.37. The van der Waals surface area contributed by atoms with Gasteiger partial charge in [-0.3, -0.25) is 0 Å². The van der Waals surface area contributed by atoms with Crippen LogP contribution in [0.5, 0.6) is 5.75 Å². The van der Waals surface area contributed by atoms with Gasteiger partial charge in [-0.15, -0.1) is 4.31 Å². The zero-order valence-corrected chi connectivity index (χ0v) is 19.1. The van der Waals surface area contributed by atoms with Crippen molar-refractivity contribution in [1.29, 1.82) is 0 Å². The fourth-order valence-electron chi connectivity index (χ4n) is 3.79. The standard InChI is InChI=1S/C23H24ClN3O3S/c1-3-22-25-21-12-14-27(31(28,29)19-6-4-5-18(15-19)30-2)13-11-20(21)23(26-22)16-7-9-17(24)10-8-16/h4-10,15H,3,11-14H2,1-2H3.